The van der Waals surface area contributed by atoms with Crippen molar-refractivity contribution in [2.24, 2.45) is 11.3 Å². The van der Waals surface area contributed by atoms with Gasteiger partial charge in [0, 0.05) is 29.4 Å². The first kappa shape index (κ1) is 14.3. The highest BCUT2D eigenvalue weighted by molar-refractivity contribution is 5.88. The van der Waals surface area contributed by atoms with Crippen molar-refractivity contribution in [3.63, 3.8) is 0 Å². The number of likely N-dealkylation sites (tertiary alicyclic amines) is 1. The second-order valence-corrected chi connectivity index (χ2v) is 7.70. The number of carbonyl (C=O) groups is 1. The summed E-state index contributed by atoms with van der Waals surface area (Å²) in [6, 6.07) is 0.124. The molecule has 1 saturated carbocycles. The summed E-state index contributed by atoms with van der Waals surface area (Å²) in [5.74, 6) is -2.13. The zero-order valence-electron chi connectivity index (χ0n) is 13.0. The van der Waals surface area contributed by atoms with Crippen LogP contribution in [-0.4, -0.2) is 69.7 Å². The predicted octanol–water partition coefficient (Wildman–Crippen LogP) is -0.655. The van der Waals surface area contributed by atoms with E-state index in [-0.39, 0.29) is 24.2 Å². The quantitative estimate of drug-likeness (QED) is 0.549. The molecule has 3 unspecified atom stereocenters. The summed E-state index contributed by atoms with van der Waals surface area (Å²) in [4.78, 5) is 14.8. The number of aliphatic hydroxyl groups excluding tert-OH is 2. The van der Waals surface area contributed by atoms with Gasteiger partial charge in [-0.2, -0.15) is 0 Å². The summed E-state index contributed by atoms with van der Waals surface area (Å²) in [6.07, 6.45) is 2.14. The third-order valence-corrected chi connectivity index (χ3v) is 6.79. The number of aliphatic hydroxyl groups is 3. The molecule has 3 aliphatic carbocycles. The molecule has 1 spiro atoms. The van der Waals surface area contributed by atoms with E-state index >= 15 is 0 Å². The van der Waals surface area contributed by atoms with E-state index in [4.69, 9.17) is 4.74 Å². The normalized spacial score (nSPS) is 54.4. The van der Waals surface area contributed by atoms with E-state index < -0.39 is 29.5 Å². The van der Waals surface area contributed by atoms with Crippen LogP contribution in [0, 0.1) is 11.3 Å². The Labute approximate surface area is 134 Å². The first-order valence-corrected chi connectivity index (χ1v) is 8.31. The van der Waals surface area contributed by atoms with Crippen molar-refractivity contribution in [1.29, 1.82) is 0 Å². The smallest absolute Gasteiger partial charge is 0.220 e. The molecule has 6 nitrogen and oxygen atoms in total. The molecule has 0 amide bonds. The van der Waals surface area contributed by atoms with Gasteiger partial charge < -0.3 is 25.0 Å². The van der Waals surface area contributed by atoms with Gasteiger partial charge in [0.15, 0.2) is 5.78 Å². The third-order valence-electron chi connectivity index (χ3n) is 6.79. The monoisotopic (exact) mass is 319 g/mol. The van der Waals surface area contributed by atoms with Gasteiger partial charge in [0.25, 0.3) is 0 Å². The van der Waals surface area contributed by atoms with Crippen LogP contribution >= 0.6 is 0 Å². The van der Waals surface area contributed by atoms with Crippen molar-refractivity contribution >= 4 is 5.78 Å². The van der Waals surface area contributed by atoms with Crippen LogP contribution in [0.3, 0.4) is 0 Å². The van der Waals surface area contributed by atoms with Crippen LogP contribution in [0.1, 0.15) is 19.3 Å². The van der Waals surface area contributed by atoms with E-state index in [2.05, 4.69) is 4.90 Å². The summed E-state index contributed by atoms with van der Waals surface area (Å²) >= 11 is 0. The van der Waals surface area contributed by atoms with Crippen molar-refractivity contribution in [2.75, 3.05) is 13.6 Å². The molecular weight excluding hydrogens is 298 g/mol. The molecule has 6 heteroatoms. The highest BCUT2D eigenvalue weighted by atomic mass is 16.7. The van der Waals surface area contributed by atoms with E-state index in [9.17, 15) is 20.1 Å². The van der Waals surface area contributed by atoms with Crippen molar-refractivity contribution in [1.82, 2.24) is 4.90 Å². The third kappa shape index (κ3) is 1.41. The van der Waals surface area contributed by atoms with Crippen LogP contribution in [-0.2, 0) is 9.53 Å². The van der Waals surface area contributed by atoms with Gasteiger partial charge in [-0.25, -0.2) is 0 Å². The Morgan fingerprint density at radius 2 is 2.13 bits per heavy atom. The molecule has 2 heterocycles. The number of nitrogens with zero attached hydrogens (tertiary/aromatic N) is 1. The van der Waals surface area contributed by atoms with Gasteiger partial charge in [-0.15, -0.1) is 0 Å². The minimum atomic E-state index is -1.83. The zero-order valence-corrected chi connectivity index (χ0v) is 13.0. The van der Waals surface area contributed by atoms with Crippen LogP contribution < -0.4 is 0 Å². The van der Waals surface area contributed by atoms with Crippen LogP contribution in [0.4, 0.5) is 0 Å². The second-order valence-electron chi connectivity index (χ2n) is 7.70. The lowest BCUT2D eigenvalue weighted by molar-refractivity contribution is -0.223. The topological polar surface area (TPSA) is 90.2 Å². The van der Waals surface area contributed by atoms with Crippen molar-refractivity contribution < 1.29 is 24.9 Å². The molecule has 3 N–H and O–H groups in total. The number of Topliss-reactive ketones (excluding diaryl/α,β-unsaturated/α-hetero) is 1. The van der Waals surface area contributed by atoms with Crippen molar-refractivity contribution in [3.8, 4) is 0 Å². The summed E-state index contributed by atoms with van der Waals surface area (Å²) in [5, 5.41) is 32.1. The first-order chi connectivity index (χ1) is 10.9. The maximum absolute atomic E-state index is 12.6. The number of hydrogen-bond donors (Lipinski definition) is 3. The molecule has 124 valence electrons. The fraction of sp³-hybridized carbons (Fsp3) is 0.706. The molecule has 0 radical (unpaired) electrons. The first-order valence-electron chi connectivity index (χ1n) is 8.31. The van der Waals surface area contributed by atoms with Gasteiger partial charge in [-0.1, -0.05) is 12.2 Å². The number of ether oxygens (including phenoxy) is 1. The molecule has 0 aromatic heterocycles. The Bertz CT molecular complexity index is 672. The van der Waals surface area contributed by atoms with Crippen molar-refractivity contribution in [2.45, 2.75) is 49.4 Å². The number of rotatable bonds is 0. The standard InChI is InChI=1S/C17H21NO5/c1-18-5-4-16-13-9(18)6-8-2-3-12(21)17(22,14(8)16)23-15(16)11(20)7-10(13)19/h2-3,9-10,12-13,15,19,21-22H,4-7H2,1H3/t9-,10?,12?,13-,15+,16+,17?/m1/s1. The summed E-state index contributed by atoms with van der Waals surface area (Å²) < 4.78 is 5.84. The lowest BCUT2D eigenvalue weighted by Gasteiger charge is -2.59. The maximum atomic E-state index is 12.6. The molecule has 3 fully saturated rings. The fourth-order valence-electron chi connectivity index (χ4n) is 5.96. The highest BCUT2D eigenvalue weighted by Gasteiger charge is 2.74. The van der Waals surface area contributed by atoms with Gasteiger partial charge in [-0.3, -0.25) is 4.79 Å². The Balaban J connectivity index is 1.81. The summed E-state index contributed by atoms with van der Waals surface area (Å²) in [5.41, 5.74) is 0.932. The number of ketones is 1. The Kier molecular flexibility index (Phi) is 2.57. The zero-order chi connectivity index (χ0) is 16.1. The molecule has 5 rings (SSSR count). The largest absolute Gasteiger partial charge is 0.392 e. The van der Waals surface area contributed by atoms with Gasteiger partial charge in [0.05, 0.1) is 6.10 Å². The molecule has 7 atom stereocenters. The van der Waals surface area contributed by atoms with Crippen LogP contribution in [0.15, 0.2) is 23.3 Å². The molecule has 2 saturated heterocycles. The number of piperidine rings is 1. The van der Waals surface area contributed by atoms with Crippen molar-refractivity contribution in [3.05, 3.63) is 23.3 Å². The molecule has 5 aliphatic rings. The van der Waals surface area contributed by atoms with Crippen LogP contribution in [0.5, 0.6) is 0 Å². The average molecular weight is 319 g/mol. The van der Waals surface area contributed by atoms with E-state index in [1.165, 1.54) is 0 Å². The van der Waals surface area contributed by atoms with Gasteiger partial charge >= 0.3 is 0 Å². The van der Waals surface area contributed by atoms with Gasteiger partial charge in [0.1, 0.15) is 12.2 Å². The minimum absolute atomic E-state index is 0.0592. The van der Waals surface area contributed by atoms with E-state index in [1.54, 1.807) is 6.08 Å². The lowest BCUT2D eigenvalue weighted by atomic mass is 9.49. The SMILES string of the molecule is CN1CC[C@]23C4=C5C=CC(O)C4(O)O[C@H]2C(=O)CC(O)[C@H]3[C@H]1C5. The molecular formula is C17H21NO5. The van der Waals surface area contributed by atoms with E-state index in [1.807, 2.05) is 13.1 Å². The number of carbonyl (C=O) groups excluding carboxylic acids is 1. The number of allylic oxidation sites excluding steroid dienone is 1. The number of hydrogen-bond acceptors (Lipinski definition) is 6. The molecule has 23 heavy (non-hydrogen) atoms. The molecule has 2 aliphatic heterocycles. The Hall–Kier alpha value is -1.05. The highest BCUT2D eigenvalue weighted by Crippen LogP contribution is 2.66. The fourth-order valence-corrected chi connectivity index (χ4v) is 5.96. The maximum Gasteiger partial charge on any atom is 0.220 e. The summed E-state index contributed by atoms with van der Waals surface area (Å²) in [7, 11) is 2.05. The van der Waals surface area contributed by atoms with Crippen LogP contribution in [0.2, 0.25) is 0 Å². The predicted molar refractivity (Wildman–Crippen MR) is 79.2 cm³/mol. The van der Waals surface area contributed by atoms with Crippen LogP contribution in [0.25, 0.3) is 0 Å². The Morgan fingerprint density at radius 3 is 2.91 bits per heavy atom. The Morgan fingerprint density at radius 1 is 1.35 bits per heavy atom. The summed E-state index contributed by atoms with van der Waals surface area (Å²) in [6.45, 7) is 0.785. The van der Waals surface area contributed by atoms with E-state index in [0.29, 0.717) is 18.4 Å². The van der Waals surface area contributed by atoms with E-state index in [0.717, 1.165) is 12.1 Å². The lowest BCUT2D eigenvalue weighted by Crippen LogP contribution is -2.66. The van der Waals surface area contributed by atoms with Gasteiger partial charge in [0.2, 0.25) is 5.79 Å². The molecule has 2 bridgehead atoms. The second kappa shape index (κ2) is 4.13. The average Bonchev–Trinajstić information content (AvgIpc) is 2.78. The molecule has 0 aromatic carbocycles. The van der Waals surface area contributed by atoms with Gasteiger partial charge in [-0.05, 0) is 32.0 Å². The molecule has 0 aromatic rings. The minimum Gasteiger partial charge on any atom is -0.392 e.